The molecule has 0 saturated carbocycles. The summed E-state index contributed by atoms with van der Waals surface area (Å²) >= 11 is 0. The van der Waals surface area contributed by atoms with Gasteiger partial charge in [0.1, 0.15) is 17.9 Å². The van der Waals surface area contributed by atoms with E-state index in [0.29, 0.717) is 5.82 Å². The molecule has 1 fully saturated rings. The smallest absolute Gasteiger partial charge is 0.151 e. The monoisotopic (exact) mass is 276 g/mol. The molecule has 0 spiro atoms. The Kier molecular flexibility index (Phi) is 2.95. The fraction of sp³-hybridized carbons (Fsp3) is 0.571. The topological polar surface area (TPSA) is 85.7 Å². The van der Waals surface area contributed by atoms with Crippen LogP contribution in [-0.4, -0.2) is 32.4 Å². The molecule has 6 heteroatoms. The molecule has 3 N–H and O–H groups in total. The van der Waals surface area contributed by atoms with E-state index in [0.717, 1.165) is 11.2 Å². The Hall–Kier alpha value is -1.66. The minimum absolute atomic E-state index is 0.0293. The van der Waals surface area contributed by atoms with Crippen LogP contribution in [0.5, 0.6) is 0 Å². The van der Waals surface area contributed by atoms with Gasteiger partial charge < -0.3 is 15.6 Å². The third-order valence-corrected chi connectivity index (χ3v) is 4.68. The predicted molar refractivity (Wildman–Crippen MR) is 75.0 cm³/mol. The summed E-state index contributed by atoms with van der Waals surface area (Å²) in [5, 5.41) is 13.7. The number of ether oxygens (including phenoxy) is 1. The Bertz CT molecular complexity index is 637. The average Bonchev–Trinajstić information content (AvgIpc) is 2.92. The minimum atomic E-state index is -0.153. The second-order valence-corrected chi connectivity index (χ2v) is 6.05. The zero-order valence-corrected chi connectivity index (χ0v) is 11.9. The third kappa shape index (κ3) is 1.72. The van der Waals surface area contributed by atoms with Crippen molar-refractivity contribution in [2.75, 3.05) is 12.3 Å². The number of fused-ring (bicyclic) bond motifs is 1. The van der Waals surface area contributed by atoms with Gasteiger partial charge in [-0.05, 0) is 18.1 Å². The summed E-state index contributed by atoms with van der Waals surface area (Å²) < 4.78 is 7.84. The molecule has 0 radical (unpaired) electrons. The van der Waals surface area contributed by atoms with Gasteiger partial charge in [-0.1, -0.05) is 20.8 Å². The first-order chi connectivity index (χ1) is 9.46. The van der Waals surface area contributed by atoms with Crippen molar-refractivity contribution in [2.45, 2.75) is 33.0 Å². The van der Waals surface area contributed by atoms with Gasteiger partial charge in [0.2, 0.25) is 0 Å². The Morgan fingerprint density at radius 3 is 2.85 bits per heavy atom. The van der Waals surface area contributed by atoms with Gasteiger partial charge in [0, 0.05) is 5.41 Å². The lowest BCUT2D eigenvalue weighted by Gasteiger charge is -2.28. The third-order valence-electron chi connectivity index (χ3n) is 4.68. The van der Waals surface area contributed by atoms with E-state index in [-0.39, 0.29) is 30.1 Å². The van der Waals surface area contributed by atoms with Crippen LogP contribution >= 0.6 is 0 Å². The van der Waals surface area contributed by atoms with Crippen molar-refractivity contribution in [3.05, 3.63) is 24.2 Å². The maximum Gasteiger partial charge on any atom is 0.151 e. The van der Waals surface area contributed by atoms with E-state index in [2.05, 4.69) is 30.9 Å². The molecule has 0 amide bonds. The molecule has 0 bridgehead atoms. The van der Waals surface area contributed by atoms with Gasteiger partial charge in [0.25, 0.3) is 0 Å². The standard InChI is InChI=1S/C14H20N4O2/c1-8-11(6-19)20-12(14(8,2)3)9-4-5-10-13(15)16-7-17-18(9)10/h4-5,7-8,11-12,19H,6H2,1-3H3,(H2,15,16,17)/t8-,11-,12+/m1/s1. The number of nitrogens with two attached hydrogens (primary N) is 1. The fourth-order valence-electron chi connectivity index (χ4n) is 3.01. The highest BCUT2D eigenvalue weighted by molar-refractivity contribution is 5.65. The number of aliphatic hydroxyl groups excluding tert-OH is 1. The number of aromatic nitrogens is 3. The van der Waals surface area contributed by atoms with Crippen LogP contribution in [0.25, 0.3) is 5.52 Å². The summed E-state index contributed by atoms with van der Waals surface area (Å²) in [6.45, 7) is 6.45. The van der Waals surface area contributed by atoms with Crippen LogP contribution in [0.1, 0.15) is 32.6 Å². The molecule has 1 aliphatic rings. The van der Waals surface area contributed by atoms with E-state index in [1.165, 1.54) is 6.33 Å². The summed E-state index contributed by atoms with van der Waals surface area (Å²) in [6.07, 6.45) is 1.16. The zero-order chi connectivity index (χ0) is 14.5. The Balaban J connectivity index is 2.10. The van der Waals surface area contributed by atoms with E-state index in [4.69, 9.17) is 10.5 Å². The summed E-state index contributed by atoms with van der Waals surface area (Å²) in [6, 6.07) is 3.88. The van der Waals surface area contributed by atoms with Gasteiger partial charge in [-0.15, -0.1) is 0 Å². The molecule has 2 aromatic rings. The Morgan fingerprint density at radius 2 is 2.20 bits per heavy atom. The Labute approximate surface area is 117 Å². The number of anilines is 1. The quantitative estimate of drug-likeness (QED) is 0.866. The van der Waals surface area contributed by atoms with E-state index >= 15 is 0 Å². The van der Waals surface area contributed by atoms with Gasteiger partial charge in [-0.3, -0.25) is 0 Å². The van der Waals surface area contributed by atoms with Crippen LogP contribution in [0.2, 0.25) is 0 Å². The van der Waals surface area contributed by atoms with Crippen molar-refractivity contribution in [3.63, 3.8) is 0 Å². The summed E-state index contributed by atoms with van der Waals surface area (Å²) in [5.41, 5.74) is 7.49. The number of nitrogen functional groups attached to an aromatic ring is 1. The first-order valence-corrected chi connectivity index (χ1v) is 6.81. The molecule has 0 aliphatic carbocycles. The molecule has 3 heterocycles. The molecule has 3 atom stereocenters. The molecule has 20 heavy (non-hydrogen) atoms. The summed E-state index contributed by atoms with van der Waals surface area (Å²) in [4.78, 5) is 3.99. The highest BCUT2D eigenvalue weighted by Gasteiger charge is 2.49. The number of aliphatic hydroxyl groups is 1. The molecule has 108 valence electrons. The maximum atomic E-state index is 9.46. The molecule has 1 aliphatic heterocycles. The fourth-order valence-corrected chi connectivity index (χ4v) is 3.01. The molecule has 3 rings (SSSR count). The van der Waals surface area contributed by atoms with Crippen LogP contribution in [-0.2, 0) is 4.74 Å². The first kappa shape index (κ1) is 13.3. The summed E-state index contributed by atoms with van der Waals surface area (Å²) in [7, 11) is 0. The first-order valence-electron chi connectivity index (χ1n) is 6.81. The molecule has 1 saturated heterocycles. The zero-order valence-electron chi connectivity index (χ0n) is 11.9. The lowest BCUT2D eigenvalue weighted by Crippen LogP contribution is -2.27. The van der Waals surface area contributed by atoms with Crippen molar-refractivity contribution in [3.8, 4) is 0 Å². The van der Waals surface area contributed by atoms with Gasteiger partial charge in [-0.25, -0.2) is 9.50 Å². The van der Waals surface area contributed by atoms with E-state index in [1.54, 1.807) is 4.52 Å². The molecule has 6 nitrogen and oxygen atoms in total. The summed E-state index contributed by atoms with van der Waals surface area (Å²) in [5.74, 6) is 0.705. The Morgan fingerprint density at radius 1 is 1.45 bits per heavy atom. The molecular weight excluding hydrogens is 256 g/mol. The number of nitrogens with zero attached hydrogens (tertiary/aromatic N) is 3. The van der Waals surface area contributed by atoms with Gasteiger partial charge in [0.15, 0.2) is 5.82 Å². The van der Waals surface area contributed by atoms with E-state index in [1.807, 2.05) is 12.1 Å². The van der Waals surface area contributed by atoms with Crippen molar-refractivity contribution < 1.29 is 9.84 Å². The van der Waals surface area contributed by atoms with Gasteiger partial charge in [0.05, 0.1) is 18.4 Å². The molecular formula is C14H20N4O2. The SMILES string of the molecule is C[C@@H]1[C@@H](CO)O[C@@H](c2ccc3c(N)ncnn23)C1(C)C. The lowest BCUT2D eigenvalue weighted by molar-refractivity contribution is -0.0116. The van der Waals surface area contributed by atoms with Crippen LogP contribution in [0.3, 0.4) is 0 Å². The molecule has 0 aromatic carbocycles. The lowest BCUT2D eigenvalue weighted by atomic mass is 9.75. The average molecular weight is 276 g/mol. The second kappa shape index (κ2) is 4.43. The van der Waals surface area contributed by atoms with E-state index < -0.39 is 0 Å². The van der Waals surface area contributed by atoms with Crippen molar-refractivity contribution >= 4 is 11.3 Å². The van der Waals surface area contributed by atoms with E-state index in [9.17, 15) is 5.11 Å². The normalized spacial score (nSPS) is 29.1. The molecule has 0 unspecified atom stereocenters. The van der Waals surface area contributed by atoms with Crippen LogP contribution < -0.4 is 5.73 Å². The minimum Gasteiger partial charge on any atom is -0.394 e. The maximum absolute atomic E-state index is 9.46. The number of hydrogen-bond acceptors (Lipinski definition) is 5. The van der Waals surface area contributed by atoms with Crippen LogP contribution in [0.4, 0.5) is 5.82 Å². The number of hydrogen-bond donors (Lipinski definition) is 2. The van der Waals surface area contributed by atoms with Crippen molar-refractivity contribution in [2.24, 2.45) is 11.3 Å². The van der Waals surface area contributed by atoms with Crippen molar-refractivity contribution in [1.29, 1.82) is 0 Å². The van der Waals surface area contributed by atoms with Crippen molar-refractivity contribution in [1.82, 2.24) is 14.6 Å². The predicted octanol–water partition coefficient (Wildman–Crippen LogP) is 1.41. The second-order valence-electron chi connectivity index (χ2n) is 6.05. The molecule has 2 aromatic heterocycles. The van der Waals surface area contributed by atoms with Gasteiger partial charge >= 0.3 is 0 Å². The number of rotatable bonds is 2. The van der Waals surface area contributed by atoms with Crippen LogP contribution in [0, 0.1) is 11.3 Å². The van der Waals surface area contributed by atoms with Gasteiger partial charge in [-0.2, -0.15) is 5.10 Å². The highest BCUT2D eigenvalue weighted by Crippen LogP contribution is 2.51. The highest BCUT2D eigenvalue weighted by atomic mass is 16.5. The van der Waals surface area contributed by atoms with Crippen LogP contribution in [0.15, 0.2) is 18.5 Å². The largest absolute Gasteiger partial charge is 0.394 e.